The molecule has 0 saturated heterocycles. The Morgan fingerprint density at radius 2 is 0.915 bits per heavy atom. The van der Waals surface area contributed by atoms with Gasteiger partial charge < -0.3 is 14.2 Å². The SMILES string of the molecule is Cc1ccc(N(c2ccc(C(C)(C)C)cc2)c2cc3c(c4oc5ccccc5c24)-c2ccc(N(c4ccc(C(C)(C)C)cc4)c4ccc([Si](C)(C)C)cc4)cc2C32c3ccccc3-c3ccccc32)cc1. The van der Waals surface area contributed by atoms with Crippen LogP contribution in [0.5, 0.6) is 0 Å². The van der Waals surface area contributed by atoms with Crippen LogP contribution in [0.3, 0.4) is 0 Å². The third-order valence-electron chi connectivity index (χ3n) is 15.4. The molecule has 0 radical (unpaired) electrons. The highest BCUT2D eigenvalue weighted by atomic mass is 28.3. The third kappa shape index (κ3) is 7.05. The van der Waals surface area contributed by atoms with Crippen molar-refractivity contribution >= 4 is 69.3 Å². The quantitative estimate of drug-likeness (QED) is 0.148. The van der Waals surface area contributed by atoms with Gasteiger partial charge in [-0.15, -0.1) is 0 Å². The topological polar surface area (TPSA) is 19.6 Å². The molecule has 1 heterocycles. The van der Waals surface area contributed by atoms with Gasteiger partial charge in [0.15, 0.2) is 0 Å². The molecule has 350 valence electrons. The Balaban J connectivity index is 1.18. The number of para-hydroxylation sites is 1. The molecule has 0 fully saturated rings. The Kier molecular flexibility index (Phi) is 10.1. The van der Waals surface area contributed by atoms with Crippen molar-refractivity contribution in [3.05, 3.63) is 233 Å². The molecule has 12 rings (SSSR count). The molecule has 0 bridgehead atoms. The first-order valence-electron chi connectivity index (χ1n) is 25.3. The molecule has 1 aromatic heterocycles. The Morgan fingerprint density at radius 1 is 0.437 bits per heavy atom. The molecule has 4 heteroatoms. The van der Waals surface area contributed by atoms with Crippen molar-refractivity contribution in [3.8, 4) is 22.3 Å². The number of aryl methyl sites for hydroxylation is 1. The highest BCUT2D eigenvalue weighted by Gasteiger charge is 2.53. The van der Waals surface area contributed by atoms with E-state index < -0.39 is 13.5 Å². The average Bonchev–Trinajstić information content (AvgIpc) is 3.99. The fourth-order valence-corrected chi connectivity index (χ4v) is 12.8. The highest BCUT2D eigenvalue weighted by Crippen LogP contribution is 2.66. The fourth-order valence-electron chi connectivity index (χ4n) is 11.7. The number of nitrogens with zero attached hydrogens (tertiary/aromatic N) is 2. The zero-order chi connectivity index (χ0) is 49.2. The second kappa shape index (κ2) is 16.1. The van der Waals surface area contributed by atoms with Gasteiger partial charge in [-0.05, 0) is 141 Å². The van der Waals surface area contributed by atoms with Crippen LogP contribution >= 0.6 is 0 Å². The van der Waals surface area contributed by atoms with Crippen LogP contribution in [0.1, 0.15) is 80.5 Å². The van der Waals surface area contributed by atoms with Gasteiger partial charge in [0.2, 0.25) is 0 Å². The van der Waals surface area contributed by atoms with Gasteiger partial charge in [-0.25, -0.2) is 0 Å². The molecular formula is C67H62N2OSi. The molecule has 0 amide bonds. The Morgan fingerprint density at radius 3 is 1.46 bits per heavy atom. The number of fused-ring (bicyclic) bond motifs is 14. The molecule has 9 aromatic carbocycles. The second-order valence-corrected chi connectivity index (χ2v) is 28.2. The van der Waals surface area contributed by atoms with E-state index in [4.69, 9.17) is 4.42 Å². The van der Waals surface area contributed by atoms with Crippen molar-refractivity contribution in [3.63, 3.8) is 0 Å². The van der Waals surface area contributed by atoms with Crippen LogP contribution in [0.25, 0.3) is 44.2 Å². The summed E-state index contributed by atoms with van der Waals surface area (Å²) in [6.07, 6.45) is 0. The first-order valence-corrected chi connectivity index (χ1v) is 28.8. The van der Waals surface area contributed by atoms with E-state index in [1.54, 1.807) is 0 Å². The number of hydrogen-bond donors (Lipinski definition) is 0. The van der Waals surface area contributed by atoms with E-state index >= 15 is 0 Å². The van der Waals surface area contributed by atoms with Crippen molar-refractivity contribution in [2.24, 2.45) is 0 Å². The van der Waals surface area contributed by atoms with Crippen molar-refractivity contribution in [2.45, 2.75) is 84.4 Å². The lowest BCUT2D eigenvalue weighted by Gasteiger charge is -2.33. The normalized spacial score (nSPS) is 13.6. The van der Waals surface area contributed by atoms with Crippen LogP contribution in [-0.2, 0) is 16.2 Å². The standard InChI is InChI=1S/C67H62N2OSi/c1-43-23-29-48(30-24-43)69(49-33-27-45(28-34-49)66(5,6)7)60-42-59-62(64-63(60)55-19-13-16-22-61(55)70-64)54-40-37-50(41-58(54)67(59)56-20-14-11-17-52(56)53-18-12-15-21-57(53)67)68(46-31-25-44(26-32-46)65(2,3)4)47-35-38-51(39-36-47)71(8,9)10/h11-42H,1-10H3. The molecule has 0 saturated carbocycles. The van der Waals surface area contributed by atoms with Crippen LogP contribution in [0.2, 0.25) is 19.6 Å². The smallest absolute Gasteiger partial charge is 0.145 e. The predicted molar refractivity (Wildman–Crippen MR) is 305 cm³/mol. The van der Waals surface area contributed by atoms with E-state index in [0.29, 0.717) is 0 Å². The van der Waals surface area contributed by atoms with Crippen molar-refractivity contribution in [1.29, 1.82) is 0 Å². The molecule has 3 nitrogen and oxygen atoms in total. The molecule has 0 aliphatic heterocycles. The number of furan rings is 1. The van der Waals surface area contributed by atoms with E-state index in [2.05, 4.69) is 272 Å². The number of rotatable bonds is 7. The Bertz CT molecular complexity index is 3590. The van der Waals surface area contributed by atoms with E-state index in [1.165, 1.54) is 60.8 Å². The number of hydrogen-bond acceptors (Lipinski definition) is 3. The first-order chi connectivity index (χ1) is 34.0. The maximum absolute atomic E-state index is 7.34. The summed E-state index contributed by atoms with van der Waals surface area (Å²) < 4.78 is 7.34. The average molecular weight is 939 g/mol. The van der Waals surface area contributed by atoms with Crippen LogP contribution in [0, 0.1) is 6.92 Å². The van der Waals surface area contributed by atoms with E-state index in [-0.39, 0.29) is 10.8 Å². The van der Waals surface area contributed by atoms with E-state index in [0.717, 1.165) is 61.6 Å². The molecule has 0 unspecified atom stereocenters. The van der Waals surface area contributed by atoms with Gasteiger partial charge in [0.1, 0.15) is 11.2 Å². The minimum Gasteiger partial charge on any atom is -0.455 e. The maximum atomic E-state index is 7.34. The van der Waals surface area contributed by atoms with Crippen LogP contribution in [0.4, 0.5) is 34.1 Å². The predicted octanol–water partition coefficient (Wildman–Crippen LogP) is 18.3. The van der Waals surface area contributed by atoms with E-state index in [1.807, 2.05) is 0 Å². The zero-order valence-electron chi connectivity index (χ0n) is 42.8. The molecule has 2 aliphatic rings. The Labute approximate surface area is 421 Å². The monoisotopic (exact) mass is 938 g/mol. The summed E-state index contributed by atoms with van der Waals surface area (Å²) in [6.45, 7) is 23.2. The summed E-state index contributed by atoms with van der Waals surface area (Å²) in [5.74, 6) is 0. The fraction of sp³-hybridized carbons (Fsp3) is 0.194. The van der Waals surface area contributed by atoms with Gasteiger partial charge >= 0.3 is 0 Å². The van der Waals surface area contributed by atoms with Gasteiger partial charge in [0.25, 0.3) is 0 Å². The lowest BCUT2D eigenvalue weighted by atomic mass is 9.70. The molecule has 71 heavy (non-hydrogen) atoms. The van der Waals surface area contributed by atoms with Crippen molar-refractivity contribution in [1.82, 2.24) is 0 Å². The van der Waals surface area contributed by atoms with Crippen molar-refractivity contribution < 1.29 is 4.42 Å². The third-order valence-corrected chi connectivity index (χ3v) is 17.5. The van der Waals surface area contributed by atoms with Gasteiger partial charge in [-0.2, -0.15) is 0 Å². The number of anilines is 6. The Hall–Kier alpha value is -7.40. The van der Waals surface area contributed by atoms with Crippen LogP contribution < -0.4 is 15.0 Å². The summed E-state index contributed by atoms with van der Waals surface area (Å²) in [4.78, 5) is 4.94. The molecule has 10 aromatic rings. The minimum absolute atomic E-state index is 0.0119. The largest absolute Gasteiger partial charge is 0.455 e. The highest BCUT2D eigenvalue weighted by molar-refractivity contribution is 6.88. The minimum atomic E-state index is -1.55. The van der Waals surface area contributed by atoms with Gasteiger partial charge in [0.05, 0.1) is 24.6 Å². The van der Waals surface area contributed by atoms with E-state index in [9.17, 15) is 0 Å². The first kappa shape index (κ1) is 44.8. The molecule has 1 spiro atoms. The summed E-state index contributed by atoms with van der Waals surface area (Å²) in [7, 11) is -1.55. The van der Waals surface area contributed by atoms with Gasteiger partial charge in [0, 0.05) is 39.4 Å². The molecule has 0 N–H and O–H groups in total. The second-order valence-electron chi connectivity index (χ2n) is 23.1. The number of benzene rings is 9. The van der Waals surface area contributed by atoms with Gasteiger partial charge in [-0.1, -0.05) is 193 Å². The lowest BCUT2D eigenvalue weighted by molar-refractivity contribution is 0.590. The molecule has 0 atom stereocenters. The van der Waals surface area contributed by atoms with Crippen LogP contribution in [-0.4, -0.2) is 8.07 Å². The summed E-state index contributed by atoms with van der Waals surface area (Å²) in [5.41, 5.74) is 21.6. The zero-order valence-corrected chi connectivity index (χ0v) is 43.8. The van der Waals surface area contributed by atoms with Crippen molar-refractivity contribution in [2.75, 3.05) is 9.80 Å². The summed E-state index contributed by atoms with van der Waals surface area (Å²) in [6, 6.07) is 73.5. The molecule has 2 aliphatic carbocycles. The van der Waals surface area contributed by atoms with Gasteiger partial charge in [-0.3, -0.25) is 0 Å². The molecular weight excluding hydrogens is 877 g/mol. The maximum Gasteiger partial charge on any atom is 0.145 e. The lowest BCUT2D eigenvalue weighted by Crippen LogP contribution is -2.37. The summed E-state index contributed by atoms with van der Waals surface area (Å²) in [5, 5.41) is 3.65. The van der Waals surface area contributed by atoms with Crippen LogP contribution in [0.15, 0.2) is 199 Å². The summed E-state index contributed by atoms with van der Waals surface area (Å²) >= 11 is 0.